The number of hydrogen-bond donors (Lipinski definition) is 1. The molecule has 0 aliphatic rings. The molecule has 26 heavy (non-hydrogen) atoms. The van der Waals surface area contributed by atoms with Crippen LogP contribution in [0.2, 0.25) is 5.15 Å². The van der Waals surface area contributed by atoms with Crippen LogP contribution in [0.5, 0.6) is 0 Å². The van der Waals surface area contributed by atoms with Crippen molar-refractivity contribution in [1.29, 1.82) is 0 Å². The Bertz CT molecular complexity index is 1190. The number of pyridine rings is 2. The van der Waals surface area contributed by atoms with Gasteiger partial charge in [0.1, 0.15) is 10.3 Å². The molecule has 0 spiro atoms. The van der Waals surface area contributed by atoms with E-state index in [-0.39, 0.29) is 15.7 Å². The van der Waals surface area contributed by atoms with Crippen molar-refractivity contribution in [1.82, 2.24) is 15.0 Å². The number of sulfonamides is 1. The number of thiazole rings is 1. The number of fused-ring (bicyclic) bond motifs is 1. The monoisotopic (exact) mass is 402 g/mol. The number of hydrogen-bond acceptors (Lipinski definition) is 6. The van der Waals surface area contributed by atoms with Crippen LogP contribution in [-0.4, -0.2) is 23.4 Å². The molecular formula is C17H11ClN4O2S2. The topological polar surface area (TPSA) is 84.8 Å². The minimum absolute atomic E-state index is 0.0657. The van der Waals surface area contributed by atoms with E-state index in [1.807, 2.05) is 6.07 Å². The van der Waals surface area contributed by atoms with Gasteiger partial charge in [0.15, 0.2) is 5.15 Å². The van der Waals surface area contributed by atoms with Gasteiger partial charge in [-0.3, -0.25) is 4.72 Å². The first-order chi connectivity index (χ1) is 12.5. The molecule has 4 rings (SSSR count). The van der Waals surface area contributed by atoms with Gasteiger partial charge in [-0.05, 0) is 24.3 Å². The van der Waals surface area contributed by atoms with Gasteiger partial charge in [-0.15, -0.1) is 11.3 Å². The third kappa shape index (κ3) is 3.26. The zero-order chi connectivity index (χ0) is 18.1. The average Bonchev–Trinajstić information content (AvgIpc) is 3.12. The highest BCUT2D eigenvalue weighted by Crippen LogP contribution is 2.29. The normalized spacial score (nSPS) is 11.6. The Balaban J connectivity index is 1.72. The van der Waals surface area contributed by atoms with Crippen LogP contribution in [-0.2, 0) is 10.0 Å². The molecule has 0 saturated heterocycles. The standard InChI is InChI=1S/C17H11ClN4O2S2/c18-16-14(22-26(23,24)13-4-2-1-3-5-13)6-11(8-19-16)12-7-15-17(20-9-12)25-10-21-15/h1-10,22H. The van der Waals surface area contributed by atoms with Crippen molar-refractivity contribution in [2.75, 3.05) is 4.72 Å². The average molecular weight is 403 g/mol. The number of nitrogens with one attached hydrogen (secondary N) is 1. The zero-order valence-electron chi connectivity index (χ0n) is 13.1. The van der Waals surface area contributed by atoms with Gasteiger partial charge in [0.05, 0.1) is 16.1 Å². The first-order valence-electron chi connectivity index (χ1n) is 7.46. The van der Waals surface area contributed by atoms with Gasteiger partial charge in [-0.2, -0.15) is 0 Å². The number of nitrogens with zero attached hydrogens (tertiary/aromatic N) is 3. The van der Waals surface area contributed by atoms with Crippen LogP contribution < -0.4 is 4.72 Å². The van der Waals surface area contributed by atoms with Gasteiger partial charge in [0, 0.05) is 23.5 Å². The maximum Gasteiger partial charge on any atom is 0.261 e. The quantitative estimate of drug-likeness (QED) is 0.517. The molecule has 0 fully saturated rings. The molecule has 0 radical (unpaired) electrons. The van der Waals surface area contributed by atoms with Crippen molar-refractivity contribution < 1.29 is 8.42 Å². The third-order valence-electron chi connectivity index (χ3n) is 3.66. The van der Waals surface area contributed by atoms with Crippen molar-refractivity contribution in [3.63, 3.8) is 0 Å². The first-order valence-corrected chi connectivity index (χ1v) is 10.2. The lowest BCUT2D eigenvalue weighted by Gasteiger charge is -2.11. The molecule has 0 bridgehead atoms. The van der Waals surface area contributed by atoms with Crippen molar-refractivity contribution in [2.45, 2.75) is 4.90 Å². The Morgan fingerprint density at radius 1 is 0.962 bits per heavy atom. The summed E-state index contributed by atoms with van der Waals surface area (Å²) < 4.78 is 27.5. The first kappa shape index (κ1) is 16.9. The molecule has 130 valence electrons. The van der Waals surface area contributed by atoms with Crippen LogP contribution in [0.4, 0.5) is 5.69 Å². The van der Waals surface area contributed by atoms with Crippen molar-refractivity contribution in [2.24, 2.45) is 0 Å². The molecular weight excluding hydrogens is 392 g/mol. The van der Waals surface area contributed by atoms with Gasteiger partial charge in [0.2, 0.25) is 0 Å². The molecule has 0 amide bonds. The van der Waals surface area contributed by atoms with Gasteiger partial charge in [-0.1, -0.05) is 29.8 Å². The number of rotatable bonds is 4. The molecule has 0 atom stereocenters. The summed E-state index contributed by atoms with van der Waals surface area (Å²) in [7, 11) is -3.76. The third-order valence-corrected chi connectivity index (χ3v) is 6.09. The maximum atomic E-state index is 12.5. The molecule has 0 aliphatic carbocycles. The summed E-state index contributed by atoms with van der Waals surface area (Å²) in [4.78, 5) is 13.7. The van der Waals surface area contributed by atoms with Crippen molar-refractivity contribution in [3.8, 4) is 11.1 Å². The van der Waals surface area contributed by atoms with Crippen LogP contribution in [0.1, 0.15) is 0 Å². The van der Waals surface area contributed by atoms with Crippen LogP contribution in [0.15, 0.2) is 65.3 Å². The molecule has 0 aliphatic heterocycles. The molecule has 9 heteroatoms. The Morgan fingerprint density at radius 2 is 1.69 bits per heavy atom. The number of benzene rings is 1. The number of anilines is 1. The lowest BCUT2D eigenvalue weighted by molar-refractivity contribution is 0.601. The summed E-state index contributed by atoms with van der Waals surface area (Å²) >= 11 is 7.54. The van der Waals surface area contributed by atoms with Crippen LogP contribution in [0, 0.1) is 0 Å². The minimum atomic E-state index is -3.76. The van der Waals surface area contributed by atoms with E-state index in [1.54, 1.807) is 42.2 Å². The fourth-order valence-electron chi connectivity index (χ4n) is 2.40. The summed E-state index contributed by atoms with van der Waals surface area (Å²) in [6.45, 7) is 0. The van der Waals surface area contributed by atoms with E-state index in [0.717, 1.165) is 15.9 Å². The van der Waals surface area contributed by atoms with E-state index >= 15 is 0 Å². The van der Waals surface area contributed by atoms with Crippen LogP contribution in [0.3, 0.4) is 0 Å². The number of halogens is 1. The highest BCUT2D eigenvalue weighted by atomic mass is 35.5. The summed E-state index contributed by atoms with van der Waals surface area (Å²) in [5.41, 5.74) is 4.15. The zero-order valence-corrected chi connectivity index (χ0v) is 15.5. The fourth-order valence-corrected chi connectivity index (χ4v) is 4.29. The summed E-state index contributed by atoms with van der Waals surface area (Å²) in [5.74, 6) is 0. The highest BCUT2D eigenvalue weighted by Gasteiger charge is 2.16. The fraction of sp³-hybridized carbons (Fsp3) is 0. The lowest BCUT2D eigenvalue weighted by atomic mass is 10.1. The predicted octanol–water partition coefficient (Wildman–Crippen LogP) is 4.21. The molecule has 1 aromatic carbocycles. The Kier molecular flexibility index (Phi) is 4.31. The Labute approximate surface area is 158 Å². The molecule has 4 aromatic rings. The molecule has 0 unspecified atom stereocenters. The summed E-state index contributed by atoms with van der Waals surface area (Å²) in [6, 6.07) is 11.6. The van der Waals surface area contributed by atoms with E-state index in [0.29, 0.717) is 5.56 Å². The summed E-state index contributed by atoms with van der Waals surface area (Å²) in [5, 5.41) is 0.0657. The molecule has 3 aromatic heterocycles. The van der Waals surface area contributed by atoms with E-state index in [9.17, 15) is 8.42 Å². The molecule has 3 heterocycles. The molecule has 6 nitrogen and oxygen atoms in total. The number of aromatic nitrogens is 3. The lowest BCUT2D eigenvalue weighted by Crippen LogP contribution is -2.13. The van der Waals surface area contributed by atoms with Gasteiger partial charge >= 0.3 is 0 Å². The minimum Gasteiger partial charge on any atom is -0.276 e. The largest absolute Gasteiger partial charge is 0.276 e. The smallest absolute Gasteiger partial charge is 0.261 e. The van der Waals surface area contributed by atoms with E-state index in [2.05, 4.69) is 19.7 Å². The van der Waals surface area contributed by atoms with E-state index in [1.165, 1.54) is 23.5 Å². The highest BCUT2D eigenvalue weighted by molar-refractivity contribution is 7.92. The van der Waals surface area contributed by atoms with Crippen LogP contribution >= 0.6 is 22.9 Å². The molecule has 1 N–H and O–H groups in total. The van der Waals surface area contributed by atoms with Crippen molar-refractivity contribution >= 4 is 49.0 Å². The second-order valence-corrected chi connectivity index (χ2v) is 8.26. The second kappa shape index (κ2) is 6.64. The van der Waals surface area contributed by atoms with E-state index in [4.69, 9.17) is 11.6 Å². The van der Waals surface area contributed by atoms with Gasteiger partial charge in [0.25, 0.3) is 10.0 Å². The van der Waals surface area contributed by atoms with Crippen LogP contribution in [0.25, 0.3) is 21.5 Å². The van der Waals surface area contributed by atoms with Gasteiger partial charge in [-0.25, -0.2) is 23.4 Å². The van der Waals surface area contributed by atoms with Gasteiger partial charge < -0.3 is 0 Å². The van der Waals surface area contributed by atoms with Crippen molar-refractivity contribution in [3.05, 3.63) is 65.5 Å². The SMILES string of the molecule is O=S(=O)(Nc1cc(-c2cnc3scnc3c2)cnc1Cl)c1ccccc1. The Morgan fingerprint density at radius 3 is 2.50 bits per heavy atom. The maximum absolute atomic E-state index is 12.5. The summed E-state index contributed by atoms with van der Waals surface area (Å²) in [6.07, 6.45) is 3.26. The molecule has 0 saturated carbocycles. The second-order valence-electron chi connectivity index (χ2n) is 5.38. The Hall–Kier alpha value is -2.55. The predicted molar refractivity (Wildman–Crippen MR) is 103 cm³/mol. The van der Waals surface area contributed by atoms with E-state index < -0.39 is 10.0 Å².